The van der Waals surface area contributed by atoms with Crippen molar-refractivity contribution in [2.75, 3.05) is 39.3 Å². The van der Waals surface area contributed by atoms with E-state index in [4.69, 9.17) is 0 Å². The highest BCUT2D eigenvalue weighted by atomic mass is 16.2. The van der Waals surface area contributed by atoms with Crippen LogP contribution in [-0.4, -0.2) is 71.8 Å². The molecule has 2 amide bonds. The standard InChI is InChI=1S/C25H35N3O2/c29-24(22-12-5-2-6-13-22)28-16-8-14-23(28)25(30)27-19-17-26(18-20-27)15-7-11-21-9-3-1-4-10-21/h1,3-4,7,9-11,22-23H,2,5-6,8,12-20H2/b11-7+. The molecular formula is C25H35N3O2. The molecule has 5 nitrogen and oxygen atoms in total. The van der Waals surface area contributed by atoms with Crippen molar-refractivity contribution in [3.8, 4) is 0 Å². The highest BCUT2D eigenvalue weighted by Crippen LogP contribution is 2.29. The largest absolute Gasteiger partial charge is 0.338 e. The van der Waals surface area contributed by atoms with Crippen LogP contribution >= 0.6 is 0 Å². The van der Waals surface area contributed by atoms with Gasteiger partial charge in [-0.15, -0.1) is 0 Å². The van der Waals surface area contributed by atoms with E-state index >= 15 is 0 Å². The normalized spacial score (nSPS) is 23.9. The van der Waals surface area contributed by atoms with Gasteiger partial charge in [0.05, 0.1) is 0 Å². The van der Waals surface area contributed by atoms with Crippen LogP contribution < -0.4 is 0 Å². The number of rotatable bonds is 5. The van der Waals surface area contributed by atoms with Crippen molar-refractivity contribution >= 4 is 17.9 Å². The van der Waals surface area contributed by atoms with Crippen molar-refractivity contribution in [1.82, 2.24) is 14.7 Å². The predicted octanol–water partition coefficient (Wildman–Crippen LogP) is 3.42. The van der Waals surface area contributed by atoms with Gasteiger partial charge in [0, 0.05) is 45.2 Å². The molecule has 4 rings (SSSR count). The molecule has 162 valence electrons. The van der Waals surface area contributed by atoms with Crippen molar-refractivity contribution in [2.45, 2.75) is 51.0 Å². The minimum Gasteiger partial charge on any atom is -0.338 e. The highest BCUT2D eigenvalue weighted by Gasteiger charge is 2.39. The zero-order valence-corrected chi connectivity index (χ0v) is 18.0. The van der Waals surface area contributed by atoms with Crippen LogP contribution in [0.5, 0.6) is 0 Å². The third-order valence-corrected chi connectivity index (χ3v) is 6.93. The van der Waals surface area contributed by atoms with E-state index in [1.54, 1.807) is 0 Å². The van der Waals surface area contributed by atoms with Crippen LogP contribution in [0.2, 0.25) is 0 Å². The van der Waals surface area contributed by atoms with Crippen molar-refractivity contribution in [2.24, 2.45) is 5.92 Å². The first-order valence-corrected chi connectivity index (χ1v) is 11.8. The summed E-state index contributed by atoms with van der Waals surface area (Å²) < 4.78 is 0. The molecule has 3 aliphatic rings. The van der Waals surface area contributed by atoms with E-state index in [1.807, 2.05) is 15.9 Å². The average Bonchev–Trinajstić information content (AvgIpc) is 3.30. The van der Waals surface area contributed by atoms with Gasteiger partial charge in [-0.25, -0.2) is 0 Å². The lowest BCUT2D eigenvalue weighted by atomic mass is 9.88. The fourth-order valence-corrected chi connectivity index (χ4v) is 5.13. The van der Waals surface area contributed by atoms with Crippen LogP contribution in [0.25, 0.3) is 6.08 Å². The third-order valence-electron chi connectivity index (χ3n) is 6.93. The minimum absolute atomic E-state index is 0.153. The van der Waals surface area contributed by atoms with Crippen LogP contribution in [0.15, 0.2) is 36.4 Å². The Morgan fingerprint density at radius 1 is 0.833 bits per heavy atom. The van der Waals surface area contributed by atoms with Crippen LogP contribution in [0.4, 0.5) is 0 Å². The number of nitrogens with zero attached hydrogens (tertiary/aromatic N) is 3. The molecule has 0 bridgehead atoms. The average molecular weight is 410 g/mol. The molecule has 2 heterocycles. The molecule has 1 atom stereocenters. The Bertz CT molecular complexity index is 734. The van der Waals surface area contributed by atoms with Gasteiger partial charge in [-0.3, -0.25) is 14.5 Å². The Morgan fingerprint density at radius 3 is 2.30 bits per heavy atom. The summed E-state index contributed by atoms with van der Waals surface area (Å²) in [6.45, 7) is 4.99. The summed E-state index contributed by atoms with van der Waals surface area (Å²) in [6, 6.07) is 10.1. The molecule has 1 aromatic carbocycles. The van der Waals surface area contributed by atoms with Gasteiger partial charge < -0.3 is 9.80 Å². The molecule has 0 aromatic heterocycles. The van der Waals surface area contributed by atoms with Gasteiger partial charge in [0.2, 0.25) is 11.8 Å². The summed E-state index contributed by atoms with van der Waals surface area (Å²) in [6.07, 6.45) is 11.7. The van der Waals surface area contributed by atoms with E-state index in [2.05, 4.69) is 41.3 Å². The van der Waals surface area contributed by atoms with Gasteiger partial charge in [0.15, 0.2) is 0 Å². The topological polar surface area (TPSA) is 43.9 Å². The Hall–Kier alpha value is -2.14. The highest BCUT2D eigenvalue weighted by molar-refractivity contribution is 5.89. The molecule has 0 spiro atoms. The van der Waals surface area contributed by atoms with Gasteiger partial charge >= 0.3 is 0 Å². The molecule has 0 radical (unpaired) electrons. The number of piperazine rings is 1. The molecule has 5 heteroatoms. The maximum atomic E-state index is 13.2. The quantitative estimate of drug-likeness (QED) is 0.749. The Labute approximate surface area is 180 Å². The smallest absolute Gasteiger partial charge is 0.245 e. The number of hydrogen-bond donors (Lipinski definition) is 0. The first kappa shape index (κ1) is 21.1. The summed E-state index contributed by atoms with van der Waals surface area (Å²) in [5.41, 5.74) is 1.22. The predicted molar refractivity (Wildman–Crippen MR) is 120 cm³/mol. The van der Waals surface area contributed by atoms with Crippen molar-refractivity contribution in [3.63, 3.8) is 0 Å². The zero-order valence-electron chi connectivity index (χ0n) is 18.0. The molecule has 0 N–H and O–H groups in total. The molecular weight excluding hydrogens is 374 g/mol. The molecule has 1 aromatic rings. The SMILES string of the molecule is O=C(C1CCCN1C(=O)C1CCCCC1)N1CCN(C/C=C/c2ccccc2)CC1. The number of amides is 2. The number of hydrogen-bond acceptors (Lipinski definition) is 3. The summed E-state index contributed by atoms with van der Waals surface area (Å²) in [4.78, 5) is 32.5. The number of likely N-dealkylation sites (tertiary alicyclic amines) is 1. The van der Waals surface area contributed by atoms with Gasteiger partial charge in [-0.2, -0.15) is 0 Å². The van der Waals surface area contributed by atoms with Gasteiger partial charge in [-0.05, 0) is 31.2 Å². The second-order valence-electron chi connectivity index (χ2n) is 8.96. The molecule has 30 heavy (non-hydrogen) atoms. The van der Waals surface area contributed by atoms with Crippen LogP contribution in [-0.2, 0) is 9.59 Å². The Balaban J connectivity index is 1.26. The van der Waals surface area contributed by atoms with Gasteiger partial charge in [-0.1, -0.05) is 61.7 Å². The summed E-state index contributed by atoms with van der Waals surface area (Å²) >= 11 is 0. The van der Waals surface area contributed by atoms with E-state index in [0.717, 1.165) is 77.8 Å². The molecule has 1 unspecified atom stereocenters. The van der Waals surface area contributed by atoms with Crippen LogP contribution in [0.3, 0.4) is 0 Å². The molecule has 3 fully saturated rings. The van der Waals surface area contributed by atoms with E-state index < -0.39 is 0 Å². The summed E-state index contributed by atoms with van der Waals surface area (Å²) in [5, 5.41) is 0. The Morgan fingerprint density at radius 2 is 1.57 bits per heavy atom. The van der Waals surface area contributed by atoms with Gasteiger partial charge in [0.25, 0.3) is 0 Å². The van der Waals surface area contributed by atoms with E-state index in [1.165, 1.54) is 12.0 Å². The maximum Gasteiger partial charge on any atom is 0.245 e. The zero-order chi connectivity index (χ0) is 20.8. The number of carbonyl (C=O) groups is 2. The molecule has 1 saturated carbocycles. The van der Waals surface area contributed by atoms with Crippen molar-refractivity contribution < 1.29 is 9.59 Å². The second-order valence-corrected chi connectivity index (χ2v) is 8.96. The van der Waals surface area contributed by atoms with Crippen molar-refractivity contribution in [3.05, 3.63) is 42.0 Å². The third kappa shape index (κ3) is 5.12. The van der Waals surface area contributed by atoms with Crippen molar-refractivity contribution in [1.29, 1.82) is 0 Å². The molecule has 2 aliphatic heterocycles. The summed E-state index contributed by atoms with van der Waals surface area (Å²) in [7, 11) is 0. The molecule has 1 aliphatic carbocycles. The van der Waals surface area contributed by atoms with E-state index in [-0.39, 0.29) is 23.8 Å². The molecule has 2 saturated heterocycles. The summed E-state index contributed by atoms with van der Waals surface area (Å²) in [5.74, 6) is 0.576. The van der Waals surface area contributed by atoms with Crippen LogP contribution in [0.1, 0.15) is 50.5 Å². The van der Waals surface area contributed by atoms with E-state index in [0.29, 0.717) is 0 Å². The van der Waals surface area contributed by atoms with E-state index in [9.17, 15) is 9.59 Å². The Kier molecular flexibility index (Phi) is 7.21. The number of benzene rings is 1. The lowest BCUT2D eigenvalue weighted by Crippen LogP contribution is -2.55. The second kappa shape index (κ2) is 10.3. The lowest BCUT2D eigenvalue weighted by molar-refractivity contribution is -0.147. The first-order chi connectivity index (χ1) is 14.7. The maximum absolute atomic E-state index is 13.2. The van der Waals surface area contributed by atoms with Crippen LogP contribution in [0, 0.1) is 5.92 Å². The fraction of sp³-hybridized carbons (Fsp3) is 0.600. The minimum atomic E-state index is -0.219. The number of carbonyl (C=O) groups excluding carboxylic acids is 2. The lowest BCUT2D eigenvalue weighted by Gasteiger charge is -2.37. The monoisotopic (exact) mass is 409 g/mol. The first-order valence-electron chi connectivity index (χ1n) is 11.8. The van der Waals surface area contributed by atoms with Gasteiger partial charge in [0.1, 0.15) is 6.04 Å². The fourth-order valence-electron chi connectivity index (χ4n) is 5.13.